The van der Waals surface area contributed by atoms with E-state index in [1.54, 1.807) is 12.3 Å². The van der Waals surface area contributed by atoms with E-state index >= 15 is 0 Å². The van der Waals surface area contributed by atoms with Crippen LogP contribution in [0.4, 0.5) is 10.2 Å². The zero-order valence-corrected chi connectivity index (χ0v) is 18.1. The van der Waals surface area contributed by atoms with Crippen LogP contribution in [0.1, 0.15) is 38.1 Å². The molecule has 3 heterocycles. The summed E-state index contributed by atoms with van der Waals surface area (Å²) in [6.45, 7) is 6.01. The molecule has 3 rings (SSSR count). The molecular formula is C18H21ClFN5OS2. The molecule has 0 bridgehead atoms. The second-order valence-corrected chi connectivity index (χ2v) is 9.65. The summed E-state index contributed by atoms with van der Waals surface area (Å²) in [6, 6.07) is 2.79. The number of aromatic nitrogens is 4. The molecule has 0 aliphatic rings. The van der Waals surface area contributed by atoms with E-state index in [2.05, 4.69) is 39.1 Å². The maximum atomic E-state index is 14.0. The Morgan fingerprint density at radius 3 is 2.75 bits per heavy atom. The number of anilines is 1. The predicted molar refractivity (Wildman–Crippen MR) is 113 cm³/mol. The lowest BCUT2D eigenvalue weighted by Gasteiger charge is -2.19. The molecule has 28 heavy (non-hydrogen) atoms. The lowest BCUT2D eigenvalue weighted by molar-refractivity contribution is 0.259. The number of thioether (sulfide) groups is 1. The summed E-state index contributed by atoms with van der Waals surface area (Å²) in [6.07, 6.45) is 2.34. The van der Waals surface area contributed by atoms with Gasteiger partial charge in [0.05, 0.1) is 23.6 Å². The number of rotatable bonds is 8. The average Bonchev–Trinajstić information content (AvgIpc) is 3.01. The van der Waals surface area contributed by atoms with Crippen LogP contribution in [0.25, 0.3) is 10.3 Å². The molecule has 0 aliphatic heterocycles. The van der Waals surface area contributed by atoms with E-state index in [0.717, 1.165) is 11.1 Å². The van der Waals surface area contributed by atoms with Gasteiger partial charge in [0.2, 0.25) is 0 Å². The molecule has 150 valence electrons. The maximum absolute atomic E-state index is 14.0. The van der Waals surface area contributed by atoms with Gasteiger partial charge in [0.15, 0.2) is 21.1 Å². The van der Waals surface area contributed by atoms with Crippen LogP contribution in [-0.2, 0) is 0 Å². The lowest BCUT2D eigenvalue weighted by atomic mass is 10.0. The molecule has 0 aromatic carbocycles. The van der Waals surface area contributed by atoms with Crippen LogP contribution in [0.5, 0.6) is 0 Å². The van der Waals surface area contributed by atoms with Crippen molar-refractivity contribution in [3.05, 3.63) is 34.3 Å². The largest absolute Gasteiger partial charge is 0.394 e. The molecule has 2 atom stereocenters. The van der Waals surface area contributed by atoms with Crippen molar-refractivity contribution in [2.45, 2.75) is 43.6 Å². The van der Waals surface area contributed by atoms with Crippen molar-refractivity contribution in [2.24, 2.45) is 5.92 Å². The number of aliphatic hydroxyl groups excluding tert-OH is 1. The van der Waals surface area contributed by atoms with Crippen molar-refractivity contribution in [3.8, 4) is 0 Å². The van der Waals surface area contributed by atoms with Gasteiger partial charge in [-0.05, 0) is 31.4 Å². The smallest absolute Gasteiger partial charge is 0.192 e. The first-order valence-electron chi connectivity index (χ1n) is 8.86. The number of pyridine rings is 1. The second-order valence-electron chi connectivity index (χ2n) is 6.76. The SMILES string of the molecule is CC(C)C[C@H](CO)Nc1nc(S[C@@H](C)c2ncccc2F)nc2nc(Cl)sc12. The summed E-state index contributed by atoms with van der Waals surface area (Å²) in [4.78, 5) is 17.4. The average molecular weight is 442 g/mol. The first-order chi connectivity index (χ1) is 13.4. The van der Waals surface area contributed by atoms with Crippen LogP contribution in [0, 0.1) is 11.7 Å². The number of thiazole rings is 1. The highest BCUT2D eigenvalue weighted by Crippen LogP contribution is 2.37. The molecule has 0 saturated heterocycles. The molecule has 10 heteroatoms. The van der Waals surface area contributed by atoms with E-state index in [1.165, 1.54) is 29.2 Å². The monoisotopic (exact) mass is 441 g/mol. The van der Waals surface area contributed by atoms with Crippen molar-refractivity contribution in [1.29, 1.82) is 0 Å². The van der Waals surface area contributed by atoms with Crippen molar-refractivity contribution < 1.29 is 9.50 Å². The van der Waals surface area contributed by atoms with Gasteiger partial charge in [-0.3, -0.25) is 4.98 Å². The highest BCUT2D eigenvalue weighted by atomic mass is 35.5. The quantitative estimate of drug-likeness (QED) is 0.378. The summed E-state index contributed by atoms with van der Waals surface area (Å²) in [5, 5.41) is 13.2. The second kappa shape index (κ2) is 9.30. The van der Waals surface area contributed by atoms with Crippen molar-refractivity contribution in [1.82, 2.24) is 19.9 Å². The number of fused-ring (bicyclic) bond motifs is 1. The molecule has 0 spiro atoms. The molecular weight excluding hydrogens is 421 g/mol. The van der Waals surface area contributed by atoms with Crippen LogP contribution in [0.3, 0.4) is 0 Å². The first-order valence-corrected chi connectivity index (χ1v) is 10.9. The summed E-state index contributed by atoms with van der Waals surface area (Å²) in [5.74, 6) is 0.620. The summed E-state index contributed by atoms with van der Waals surface area (Å²) in [7, 11) is 0. The summed E-state index contributed by atoms with van der Waals surface area (Å²) in [5.41, 5.74) is 0.819. The number of aliphatic hydroxyl groups is 1. The summed E-state index contributed by atoms with van der Waals surface area (Å²) < 4.78 is 15.1. The van der Waals surface area contributed by atoms with Crippen LogP contribution < -0.4 is 5.32 Å². The molecule has 0 radical (unpaired) electrons. The third kappa shape index (κ3) is 5.08. The zero-order valence-electron chi connectivity index (χ0n) is 15.7. The highest BCUT2D eigenvalue weighted by Gasteiger charge is 2.20. The van der Waals surface area contributed by atoms with Crippen molar-refractivity contribution in [2.75, 3.05) is 11.9 Å². The fourth-order valence-corrected chi connectivity index (χ4v) is 4.66. The number of nitrogens with one attached hydrogen (secondary N) is 1. The van der Waals surface area contributed by atoms with Gasteiger partial charge >= 0.3 is 0 Å². The Kier molecular flexibility index (Phi) is 7.03. The Labute approximate surface area is 176 Å². The Morgan fingerprint density at radius 1 is 1.29 bits per heavy atom. The minimum atomic E-state index is -0.365. The van der Waals surface area contributed by atoms with Gasteiger partial charge in [0.25, 0.3) is 0 Å². The summed E-state index contributed by atoms with van der Waals surface area (Å²) >= 11 is 8.65. The number of hydrogen-bond donors (Lipinski definition) is 2. The van der Waals surface area contributed by atoms with Crippen LogP contribution in [0.15, 0.2) is 23.5 Å². The van der Waals surface area contributed by atoms with E-state index in [-0.39, 0.29) is 23.7 Å². The third-order valence-corrected chi connectivity index (χ3v) is 6.10. The van der Waals surface area contributed by atoms with Gasteiger partial charge < -0.3 is 10.4 Å². The van der Waals surface area contributed by atoms with Gasteiger partial charge in [-0.1, -0.05) is 48.5 Å². The van der Waals surface area contributed by atoms with E-state index in [1.807, 2.05) is 6.92 Å². The minimum absolute atomic E-state index is 0.0196. The Balaban J connectivity index is 1.92. The van der Waals surface area contributed by atoms with Crippen molar-refractivity contribution >= 4 is 50.9 Å². The Morgan fingerprint density at radius 2 is 2.07 bits per heavy atom. The molecule has 0 unspecified atom stereocenters. The molecule has 2 N–H and O–H groups in total. The van der Waals surface area contributed by atoms with Crippen LogP contribution in [0.2, 0.25) is 4.47 Å². The molecule has 3 aromatic rings. The number of nitrogens with zero attached hydrogens (tertiary/aromatic N) is 4. The third-order valence-electron chi connectivity index (χ3n) is 3.98. The Hall–Kier alpha value is -1.55. The fraction of sp³-hybridized carbons (Fsp3) is 0.444. The van der Waals surface area contributed by atoms with E-state index in [9.17, 15) is 9.50 Å². The maximum Gasteiger partial charge on any atom is 0.192 e. The highest BCUT2D eigenvalue weighted by molar-refractivity contribution is 7.99. The van der Waals surface area contributed by atoms with Crippen LogP contribution in [-0.4, -0.2) is 37.7 Å². The molecule has 0 fully saturated rings. The zero-order chi connectivity index (χ0) is 20.3. The van der Waals surface area contributed by atoms with E-state index in [4.69, 9.17) is 11.6 Å². The molecule has 0 aliphatic carbocycles. The topological polar surface area (TPSA) is 83.8 Å². The van der Waals surface area contributed by atoms with Gasteiger partial charge in [-0.15, -0.1) is 0 Å². The van der Waals surface area contributed by atoms with E-state index in [0.29, 0.717) is 32.7 Å². The Bertz CT molecular complexity index is 955. The molecule has 0 amide bonds. The fourth-order valence-electron chi connectivity index (χ4n) is 2.78. The van der Waals surface area contributed by atoms with Crippen molar-refractivity contribution in [3.63, 3.8) is 0 Å². The molecule has 0 saturated carbocycles. The van der Waals surface area contributed by atoms with Gasteiger partial charge in [0.1, 0.15) is 10.5 Å². The first kappa shape index (κ1) is 21.2. The van der Waals surface area contributed by atoms with Gasteiger partial charge in [-0.25, -0.2) is 19.3 Å². The predicted octanol–water partition coefficient (Wildman–Crippen LogP) is 4.95. The number of hydrogen-bond acceptors (Lipinski definition) is 8. The number of halogens is 2. The standard InChI is InChI=1S/C18H21ClFN5OS2/c1-9(2)7-11(8-26)22-15-14-16(23-17(19)28-14)25-18(24-15)27-10(3)13-12(20)5-4-6-21-13/h4-6,9-11,26H,7-8H2,1-3H3,(H,22,24,25)/t10-,11+/m0/s1. The molecule has 3 aromatic heterocycles. The minimum Gasteiger partial charge on any atom is -0.394 e. The lowest BCUT2D eigenvalue weighted by Crippen LogP contribution is -2.26. The normalized spacial score (nSPS) is 13.8. The van der Waals surface area contributed by atoms with Gasteiger partial charge in [0, 0.05) is 6.20 Å². The molecule has 6 nitrogen and oxygen atoms in total. The van der Waals surface area contributed by atoms with Crippen LogP contribution >= 0.6 is 34.7 Å². The van der Waals surface area contributed by atoms with Gasteiger partial charge in [-0.2, -0.15) is 0 Å². The van der Waals surface area contributed by atoms with E-state index < -0.39 is 0 Å².